The second-order valence-electron chi connectivity index (χ2n) is 6.63. The van der Waals surface area contributed by atoms with Gasteiger partial charge in [0.25, 0.3) is 0 Å². The Morgan fingerprint density at radius 1 is 0.840 bits per heavy atom. The summed E-state index contributed by atoms with van der Waals surface area (Å²) in [5.41, 5.74) is 5.55. The lowest BCUT2D eigenvalue weighted by molar-refractivity contribution is -0.120. The highest BCUT2D eigenvalue weighted by Crippen LogP contribution is 2.09. The largest absolute Gasteiger partial charge is 0.385 e. The fourth-order valence-corrected chi connectivity index (χ4v) is 2.65. The van der Waals surface area contributed by atoms with Crippen molar-refractivity contribution >= 4 is 18.3 Å². The second-order valence-corrected chi connectivity index (χ2v) is 6.63. The van der Waals surface area contributed by atoms with Gasteiger partial charge >= 0.3 is 0 Å². The van der Waals surface area contributed by atoms with Crippen LogP contribution < -0.4 is 11.1 Å². The first-order valence-electron chi connectivity index (χ1n) is 10.1. The lowest BCUT2D eigenvalue weighted by Crippen LogP contribution is -2.26. The minimum atomic E-state index is 0. The summed E-state index contributed by atoms with van der Waals surface area (Å²) in [7, 11) is 0. The highest BCUT2D eigenvalue weighted by molar-refractivity contribution is 5.85. The molecule has 0 aromatic heterocycles. The van der Waals surface area contributed by atoms with Gasteiger partial charge in [0.2, 0.25) is 5.91 Å². The molecule has 0 aliphatic carbocycles. The number of carbonyl (C=O) groups is 1. The zero-order chi connectivity index (χ0) is 17.9. The summed E-state index contributed by atoms with van der Waals surface area (Å²) >= 11 is 0. The minimum absolute atomic E-state index is 0. The van der Waals surface area contributed by atoms with Crippen molar-refractivity contribution in [2.45, 2.75) is 104 Å². The molecular formula is C21H41ClN2O. The first kappa shape index (κ1) is 26.3. The third kappa shape index (κ3) is 21.0. The van der Waals surface area contributed by atoms with Gasteiger partial charge in [-0.3, -0.25) is 4.79 Å². The van der Waals surface area contributed by atoms with Gasteiger partial charge in [-0.1, -0.05) is 70.4 Å². The highest BCUT2D eigenvalue weighted by Gasteiger charge is 2.00. The van der Waals surface area contributed by atoms with E-state index in [4.69, 9.17) is 5.73 Å². The van der Waals surface area contributed by atoms with Crippen molar-refractivity contribution < 1.29 is 4.79 Å². The summed E-state index contributed by atoms with van der Waals surface area (Å²) in [5.74, 6) is 0.482. The molecule has 148 valence electrons. The van der Waals surface area contributed by atoms with E-state index in [1.165, 1.54) is 70.6 Å². The maximum atomic E-state index is 11.5. The van der Waals surface area contributed by atoms with E-state index >= 15 is 0 Å². The molecule has 3 nitrogen and oxygen atoms in total. The SMILES string of the molecule is CC=C(N)NC(=O)CCCCCCCC=CCCCCCCCC.Cl. The Kier molecular flexibility index (Phi) is 22.2. The molecule has 0 unspecified atom stereocenters. The van der Waals surface area contributed by atoms with E-state index in [-0.39, 0.29) is 18.3 Å². The van der Waals surface area contributed by atoms with E-state index < -0.39 is 0 Å². The third-order valence-electron chi connectivity index (χ3n) is 4.26. The van der Waals surface area contributed by atoms with Crippen LogP contribution in [0.4, 0.5) is 0 Å². The van der Waals surface area contributed by atoms with Crippen LogP contribution in [0.25, 0.3) is 0 Å². The maximum Gasteiger partial charge on any atom is 0.225 e. The van der Waals surface area contributed by atoms with Gasteiger partial charge in [0.15, 0.2) is 0 Å². The molecule has 0 fully saturated rings. The van der Waals surface area contributed by atoms with Crippen LogP contribution in [-0.2, 0) is 4.79 Å². The fraction of sp³-hybridized carbons (Fsp3) is 0.762. The average Bonchev–Trinajstić information content (AvgIpc) is 2.58. The number of unbranched alkanes of at least 4 members (excludes halogenated alkanes) is 11. The molecular weight excluding hydrogens is 332 g/mol. The smallest absolute Gasteiger partial charge is 0.225 e. The summed E-state index contributed by atoms with van der Waals surface area (Å²) < 4.78 is 0. The normalized spacial score (nSPS) is 11.5. The average molecular weight is 373 g/mol. The number of rotatable bonds is 16. The van der Waals surface area contributed by atoms with Crippen LogP contribution in [-0.4, -0.2) is 5.91 Å². The zero-order valence-electron chi connectivity index (χ0n) is 16.5. The standard InChI is InChI=1S/C21H40N2O.ClH/c1-3-5-6-7-8-9-10-11-12-13-14-15-16-17-18-19-21(24)23-20(22)4-2;/h4,11-12H,3,5-10,13-19,22H2,1-2H3,(H,23,24);1H. The number of amides is 1. The van der Waals surface area contributed by atoms with Gasteiger partial charge in [0, 0.05) is 6.42 Å². The highest BCUT2D eigenvalue weighted by atomic mass is 35.5. The van der Waals surface area contributed by atoms with Crippen molar-refractivity contribution in [2.75, 3.05) is 0 Å². The Labute approximate surface area is 162 Å². The van der Waals surface area contributed by atoms with Gasteiger partial charge < -0.3 is 11.1 Å². The number of halogens is 1. The number of nitrogens with one attached hydrogen (secondary N) is 1. The van der Waals surface area contributed by atoms with Crippen LogP contribution >= 0.6 is 12.4 Å². The molecule has 0 saturated carbocycles. The molecule has 0 radical (unpaired) electrons. The van der Waals surface area contributed by atoms with E-state index in [1.807, 2.05) is 6.92 Å². The van der Waals surface area contributed by atoms with E-state index in [0.717, 1.165) is 12.8 Å². The summed E-state index contributed by atoms with van der Waals surface area (Å²) in [5, 5.41) is 2.67. The van der Waals surface area contributed by atoms with Crippen molar-refractivity contribution in [1.82, 2.24) is 5.32 Å². The molecule has 0 aromatic rings. The first-order valence-corrected chi connectivity index (χ1v) is 10.1. The number of allylic oxidation sites excluding steroid dienone is 3. The Hall–Kier alpha value is -0.960. The van der Waals surface area contributed by atoms with E-state index in [9.17, 15) is 4.79 Å². The zero-order valence-corrected chi connectivity index (χ0v) is 17.3. The molecule has 4 heteroatoms. The molecule has 0 aromatic carbocycles. The van der Waals surface area contributed by atoms with E-state index in [1.54, 1.807) is 6.08 Å². The molecule has 0 saturated heterocycles. The van der Waals surface area contributed by atoms with Crippen LogP contribution in [0.15, 0.2) is 24.0 Å². The topological polar surface area (TPSA) is 55.1 Å². The summed E-state index contributed by atoms with van der Waals surface area (Å²) in [4.78, 5) is 11.5. The quantitative estimate of drug-likeness (QED) is 0.244. The number of hydrogen-bond donors (Lipinski definition) is 2. The Balaban J connectivity index is 0. The van der Waals surface area contributed by atoms with Gasteiger partial charge in [-0.2, -0.15) is 0 Å². The molecule has 3 N–H and O–H groups in total. The third-order valence-corrected chi connectivity index (χ3v) is 4.26. The van der Waals surface area contributed by atoms with Crippen molar-refractivity contribution in [3.05, 3.63) is 24.0 Å². The number of nitrogens with two attached hydrogens (primary N) is 1. The molecule has 0 aliphatic rings. The van der Waals surface area contributed by atoms with Crippen LogP contribution in [0.2, 0.25) is 0 Å². The lowest BCUT2D eigenvalue weighted by Gasteiger charge is -2.04. The Morgan fingerprint density at radius 3 is 1.84 bits per heavy atom. The van der Waals surface area contributed by atoms with Crippen LogP contribution in [0, 0.1) is 0 Å². The van der Waals surface area contributed by atoms with Crippen molar-refractivity contribution in [3.8, 4) is 0 Å². The van der Waals surface area contributed by atoms with Gasteiger partial charge in [-0.25, -0.2) is 0 Å². The first-order chi connectivity index (χ1) is 11.7. The Morgan fingerprint density at radius 2 is 1.32 bits per heavy atom. The molecule has 0 rings (SSSR count). The molecule has 1 amide bonds. The molecule has 0 heterocycles. The van der Waals surface area contributed by atoms with Crippen molar-refractivity contribution in [3.63, 3.8) is 0 Å². The van der Waals surface area contributed by atoms with Gasteiger partial charge in [0.05, 0.1) is 5.82 Å². The summed E-state index contributed by atoms with van der Waals surface area (Å²) in [6, 6.07) is 0. The second kappa shape index (κ2) is 21.1. The number of carbonyl (C=O) groups excluding carboxylic acids is 1. The van der Waals surface area contributed by atoms with Crippen molar-refractivity contribution in [2.24, 2.45) is 5.73 Å². The van der Waals surface area contributed by atoms with Gasteiger partial charge in [-0.05, 0) is 45.1 Å². The van der Waals surface area contributed by atoms with Crippen LogP contribution in [0.5, 0.6) is 0 Å². The predicted molar refractivity (Wildman–Crippen MR) is 113 cm³/mol. The number of hydrogen-bond acceptors (Lipinski definition) is 2. The minimum Gasteiger partial charge on any atom is -0.385 e. The Bertz CT molecular complexity index is 354. The van der Waals surface area contributed by atoms with Gasteiger partial charge in [0.1, 0.15) is 0 Å². The van der Waals surface area contributed by atoms with Crippen LogP contribution in [0.1, 0.15) is 104 Å². The molecule has 0 aliphatic heterocycles. The predicted octanol–water partition coefficient (Wildman–Crippen LogP) is 6.38. The summed E-state index contributed by atoms with van der Waals surface area (Å²) in [6.07, 6.45) is 23.5. The molecule has 0 atom stereocenters. The van der Waals surface area contributed by atoms with Gasteiger partial charge in [-0.15, -0.1) is 12.4 Å². The summed E-state index contributed by atoms with van der Waals surface area (Å²) in [6.45, 7) is 4.08. The van der Waals surface area contributed by atoms with Crippen molar-refractivity contribution in [1.29, 1.82) is 0 Å². The molecule has 25 heavy (non-hydrogen) atoms. The lowest BCUT2D eigenvalue weighted by atomic mass is 10.1. The molecule has 0 spiro atoms. The fourth-order valence-electron chi connectivity index (χ4n) is 2.65. The van der Waals surface area contributed by atoms with Crippen LogP contribution in [0.3, 0.4) is 0 Å². The maximum absolute atomic E-state index is 11.5. The van der Waals surface area contributed by atoms with E-state index in [0.29, 0.717) is 12.2 Å². The molecule has 0 bridgehead atoms. The monoisotopic (exact) mass is 372 g/mol. The van der Waals surface area contributed by atoms with E-state index in [2.05, 4.69) is 24.4 Å².